The first kappa shape index (κ1) is 23.0. The van der Waals surface area contributed by atoms with Crippen molar-refractivity contribution in [2.24, 2.45) is 0 Å². The Kier molecular flexibility index (Phi) is 36.8. The summed E-state index contributed by atoms with van der Waals surface area (Å²) in [6, 6.07) is 0. The van der Waals surface area contributed by atoms with Gasteiger partial charge in [-0.3, -0.25) is 8.42 Å². The summed E-state index contributed by atoms with van der Waals surface area (Å²) in [6.07, 6.45) is 0. The van der Waals surface area contributed by atoms with Gasteiger partial charge >= 0.3 is 110 Å². The minimum atomic E-state index is -2.95. The summed E-state index contributed by atoms with van der Waals surface area (Å²) >= 11 is 0. The van der Waals surface area contributed by atoms with E-state index in [-0.39, 0.29) is 110 Å². The zero-order chi connectivity index (χ0) is 5.15. The van der Waals surface area contributed by atoms with Crippen molar-refractivity contribution < 1.29 is 76.6 Å². The average Bonchev–Trinajstić information content (AvgIpc) is 1.36. The summed E-state index contributed by atoms with van der Waals surface area (Å²) in [6.45, 7) is 0. The third kappa shape index (κ3) is 18.7. The second-order valence-corrected chi connectivity index (χ2v) is 2.86. The molecule has 2 atom stereocenters. The first-order chi connectivity index (χ1) is 2.64. The molecule has 0 saturated heterocycles. The van der Waals surface area contributed by atoms with E-state index in [2.05, 4.69) is 0 Å². The van der Waals surface area contributed by atoms with E-state index in [0.29, 0.717) is 0 Å². The number of hydrogen-bond acceptors (Lipinski definition) is 4. The van der Waals surface area contributed by atoms with Crippen molar-refractivity contribution in [1.82, 2.24) is 0 Å². The molecular formula is HKNa2O4S2. The summed E-state index contributed by atoms with van der Waals surface area (Å²) in [5.74, 6) is 0. The van der Waals surface area contributed by atoms with Gasteiger partial charge in [0.25, 0.3) is 0 Å². The van der Waals surface area contributed by atoms with Crippen LogP contribution in [0.25, 0.3) is 0 Å². The molecule has 0 radical (unpaired) electrons. The fourth-order valence-corrected chi connectivity index (χ4v) is 0. The molecule has 0 aliphatic rings. The van der Waals surface area contributed by atoms with Gasteiger partial charge in [-0.15, -0.1) is 0 Å². The summed E-state index contributed by atoms with van der Waals surface area (Å²) < 4.78 is 36.3. The van der Waals surface area contributed by atoms with Gasteiger partial charge in [-0.1, -0.05) is 0 Å². The zero-order valence-corrected chi connectivity index (χ0v) is 10.1. The van der Waals surface area contributed by atoms with Gasteiger partial charge in [0.2, 0.25) is 0 Å². The van der Waals surface area contributed by atoms with Crippen LogP contribution in [0.5, 0.6) is 0 Å². The molecule has 0 fully saturated rings. The number of rotatable bonds is 1. The Morgan fingerprint density at radius 2 is 1.00 bits per heavy atom. The Hall–Kier alpha value is 3.86. The maximum Gasteiger partial charge on any atom is 1.00 e. The summed E-state index contributed by atoms with van der Waals surface area (Å²) in [5, 5.41) is 0. The smallest absolute Gasteiger partial charge is 1.00 e. The molecule has 40 valence electrons. The fourth-order valence-electron chi connectivity index (χ4n) is 0. The van der Waals surface area contributed by atoms with Crippen molar-refractivity contribution in [3.8, 4) is 0 Å². The van der Waals surface area contributed by atoms with E-state index in [4.69, 9.17) is 17.5 Å². The molecular weight excluding hydrogens is 213 g/mol. The third-order valence-electron chi connectivity index (χ3n) is 0.111. The van der Waals surface area contributed by atoms with Crippen LogP contribution in [0.1, 0.15) is 0 Å². The fraction of sp³-hybridized carbons (Fsp3) is 0. The Morgan fingerprint density at radius 3 is 1.00 bits per heavy atom. The third-order valence-corrected chi connectivity index (χ3v) is 1.00. The van der Waals surface area contributed by atoms with Crippen LogP contribution in [-0.4, -0.2) is 68.9 Å². The van der Waals surface area contributed by atoms with Crippen LogP contribution in [0.3, 0.4) is 0 Å². The molecule has 0 bridgehead atoms. The molecule has 0 aliphatic heterocycles. The van der Waals surface area contributed by atoms with E-state index >= 15 is 0 Å². The van der Waals surface area contributed by atoms with Gasteiger partial charge in [-0.05, 0) is 0 Å². The first-order valence-corrected chi connectivity index (χ1v) is 3.50. The van der Waals surface area contributed by atoms with Crippen LogP contribution in [0, 0.1) is 0 Å². The quantitative estimate of drug-likeness (QED) is 0.247. The molecule has 0 saturated carbocycles. The summed E-state index contributed by atoms with van der Waals surface area (Å²) in [5.41, 5.74) is 0. The molecule has 0 amide bonds. The van der Waals surface area contributed by atoms with Crippen molar-refractivity contribution >= 4 is 71.6 Å². The molecule has 0 aliphatic carbocycles. The van der Waals surface area contributed by atoms with E-state index in [1.165, 1.54) is 0 Å². The van der Waals surface area contributed by atoms with E-state index in [1.807, 2.05) is 0 Å². The summed E-state index contributed by atoms with van der Waals surface area (Å²) in [7, 11) is -5.90. The Labute approximate surface area is 144 Å². The maximum absolute atomic E-state index is 9.09. The molecule has 0 rings (SSSR count). The van der Waals surface area contributed by atoms with Crippen LogP contribution in [0.4, 0.5) is 0 Å². The molecule has 9 heavy (non-hydrogen) atoms. The first-order valence-electron chi connectivity index (χ1n) is 0.833. The predicted molar refractivity (Wildman–Crippen MR) is 25.0 cm³/mol. The van der Waals surface area contributed by atoms with Crippen molar-refractivity contribution in [3.63, 3.8) is 0 Å². The van der Waals surface area contributed by atoms with Crippen LogP contribution < -0.4 is 59.1 Å². The monoisotopic (exact) mass is 214 g/mol. The van der Waals surface area contributed by atoms with Gasteiger partial charge in [0, 0.05) is 20.2 Å². The predicted octanol–water partition coefficient (Wildman–Crippen LogP) is -7.98. The molecule has 4 nitrogen and oxygen atoms in total. The van der Waals surface area contributed by atoms with E-state index in [0.717, 1.165) is 0 Å². The molecule has 0 N–H and O–H groups in total. The van der Waals surface area contributed by atoms with Crippen molar-refractivity contribution in [2.75, 3.05) is 0 Å². The molecule has 2 unspecified atom stereocenters. The van der Waals surface area contributed by atoms with Gasteiger partial charge < -0.3 is 9.11 Å². The molecule has 0 aromatic carbocycles. The van der Waals surface area contributed by atoms with Gasteiger partial charge in [-0.25, -0.2) is 0 Å². The second kappa shape index (κ2) is 14.4. The van der Waals surface area contributed by atoms with Gasteiger partial charge in [0.05, 0.1) is 0 Å². The van der Waals surface area contributed by atoms with E-state index in [9.17, 15) is 0 Å². The van der Waals surface area contributed by atoms with Gasteiger partial charge in [0.1, 0.15) is 0 Å². The Bertz CT molecular complexity index is 82.6. The van der Waals surface area contributed by atoms with Crippen molar-refractivity contribution in [1.29, 1.82) is 0 Å². The van der Waals surface area contributed by atoms with Crippen LogP contribution in [0.15, 0.2) is 0 Å². The van der Waals surface area contributed by atoms with Gasteiger partial charge in [-0.2, -0.15) is 0 Å². The van der Waals surface area contributed by atoms with Crippen LogP contribution in [-0.2, 0) is 20.2 Å². The SMILES string of the molecule is O=S([O-])S(=O)[O-].[KH].[Na+].[Na+]. The van der Waals surface area contributed by atoms with Crippen LogP contribution >= 0.6 is 0 Å². The normalized spacial score (nSPS) is 13.1. The largest absolute Gasteiger partial charge is 1.00 e. The Morgan fingerprint density at radius 1 is 0.889 bits per heavy atom. The second-order valence-electron chi connectivity index (χ2n) is 0.408. The molecule has 9 heteroatoms. The molecule has 0 aromatic heterocycles. The maximum atomic E-state index is 9.09. The summed E-state index contributed by atoms with van der Waals surface area (Å²) in [4.78, 5) is 0. The minimum Gasteiger partial charge on any atom is 1.00 e. The van der Waals surface area contributed by atoms with E-state index < -0.39 is 20.2 Å². The standard InChI is InChI=1S/K.2Na.H2O4S2.H/c;;;1-5(2)6(3)4;/h;;;(H,1,2)(H,3,4);/q;2*+1;;/p-2. The Balaban J connectivity index is -0.0000000417. The molecule has 0 aromatic rings. The van der Waals surface area contributed by atoms with E-state index in [1.54, 1.807) is 0 Å². The van der Waals surface area contributed by atoms with Crippen molar-refractivity contribution in [3.05, 3.63) is 0 Å². The molecule has 0 spiro atoms. The minimum absolute atomic E-state index is 0. The zero-order valence-electron chi connectivity index (χ0n) is 4.45. The van der Waals surface area contributed by atoms with Crippen molar-refractivity contribution in [2.45, 2.75) is 0 Å². The molecule has 0 heterocycles. The number of hydrogen-bond donors (Lipinski definition) is 0. The average molecular weight is 214 g/mol. The van der Waals surface area contributed by atoms with Crippen LogP contribution in [0.2, 0.25) is 0 Å². The van der Waals surface area contributed by atoms with Gasteiger partial charge in [0.15, 0.2) is 0 Å². The topological polar surface area (TPSA) is 80.3 Å².